The van der Waals surface area contributed by atoms with E-state index in [-0.39, 0.29) is 18.4 Å². The van der Waals surface area contributed by atoms with Gasteiger partial charge in [-0.2, -0.15) is 0 Å². The molecule has 0 spiro atoms. The Morgan fingerprint density at radius 3 is 3.20 bits per heavy atom. The zero-order chi connectivity index (χ0) is 9.97. The quantitative estimate of drug-likeness (QED) is 0.787. The molecule has 0 amide bonds. The highest BCUT2D eigenvalue weighted by molar-refractivity contribution is 5.96. The molecule has 3 nitrogen and oxygen atoms in total. The lowest BCUT2D eigenvalue weighted by molar-refractivity contribution is 0.554. The van der Waals surface area contributed by atoms with Gasteiger partial charge in [0.15, 0.2) is 11.6 Å². The Morgan fingerprint density at radius 1 is 1.67 bits per heavy atom. The van der Waals surface area contributed by atoms with E-state index in [4.69, 9.17) is 10.2 Å². The molecule has 2 heterocycles. The summed E-state index contributed by atoms with van der Waals surface area (Å²) in [6, 6.07) is 2.23. The molecule has 82 valence electrons. The van der Waals surface area contributed by atoms with Crippen molar-refractivity contribution >= 4 is 18.2 Å². The molecule has 0 bridgehead atoms. The molecule has 1 unspecified atom stereocenters. The number of aliphatic imine (C=N–C) groups is 1. The van der Waals surface area contributed by atoms with Crippen LogP contribution < -0.4 is 5.73 Å². The largest absolute Gasteiger partial charge is 0.461 e. The Balaban J connectivity index is 0.00000112. The molecule has 2 rings (SSSR count). The van der Waals surface area contributed by atoms with Crippen LogP contribution in [-0.4, -0.2) is 11.9 Å². The van der Waals surface area contributed by atoms with Crippen molar-refractivity contribution in [3.05, 3.63) is 36.3 Å². The molecular weight excluding hydrogens is 212 g/mol. The zero-order valence-electron chi connectivity index (χ0n) is 8.48. The molecule has 15 heavy (non-hydrogen) atoms. The lowest BCUT2D eigenvalue weighted by atomic mass is 10.1. The number of furan rings is 1. The molecule has 1 aliphatic rings. The number of nitrogens with zero attached hydrogens (tertiary/aromatic N) is 1. The van der Waals surface area contributed by atoms with Crippen LogP contribution in [-0.2, 0) is 6.42 Å². The fourth-order valence-electron chi connectivity index (χ4n) is 1.76. The first-order chi connectivity index (χ1) is 6.81. The Bertz CT molecular complexity index is 370. The van der Waals surface area contributed by atoms with Crippen LogP contribution in [0.25, 0.3) is 0 Å². The summed E-state index contributed by atoms with van der Waals surface area (Å²) in [6.07, 6.45) is 6.42. The Labute approximate surface area is 95.5 Å². The molecule has 0 saturated heterocycles. The third kappa shape index (κ3) is 2.42. The number of halogens is 1. The van der Waals surface area contributed by atoms with Crippen molar-refractivity contribution in [2.75, 3.05) is 0 Å². The summed E-state index contributed by atoms with van der Waals surface area (Å²) in [4.78, 5) is 4.41. The third-order valence-electron chi connectivity index (χ3n) is 2.49. The SMILES string of the molecule is C=CCC1CCc2ccoc2C(N)=N1.Cl. The first-order valence-electron chi connectivity index (χ1n) is 4.82. The summed E-state index contributed by atoms with van der Waals surface area (Å²) in [7, 11) is 0. The van der Waals surface area contributed by atoms with E-state index < -0.39 is 0 Å². The van der Waals surface area contributed by atoms with E-state index in [0.29, 0.717) is 5.84 Å². The minimum Gasteiger partial charge on any atom is -0.461 e. The number of hydrogen-bond donors (Lipinski definition) is 1. The number of aryl methyl sites for hydroxylation is 1. The highest BCUT2D eigenvalue weighted by atomic mass is 35.5. The fraction of sp³-hybridized carbons (Fsp3) is 0.364. The lowest BCUT2D eigenvalue weighted by Crippen LogP contribution is -2.15. The number of rotatable bonds is 2. The van der Waals surface area contributed by atoms with E-state index in [2.05, 4.69) is 11.6 Å². The molecule has 0 saturated carbocycles. The van der Waals surface area contributed by atoms with Crippen molar-refractivity contribution < 1.29 is 4.42 Å². The predicted molar refractivity (Wildman–Crippen MR) is 63.6 cm³/mol. The second-order valence-electron chi connectivity index (χ2n) is 3.51. The van der Waals surface area contributed by atoms with Crippen LogP contribution in [0.5, 0.6) is 0 Å². The van der Waals surface area contributed by atoms with E-state index in [1.54, 1.807) is 6.26 Å². The molecule has 1 aromatic heterocycles. The molecule has 2 N–H and O–H groups in total. The molecule has 1 aromatic rings. The average Bonchev–Trinajstić information content (AvgIpc) is 2.57. The minimum absolute atomic E-state index is 0. The third-order valence-corrected chi connectivity index (χ3v) is 2.49. The summed E-state index contributed by atoms with van der Waals surface area (Å²) in [5.74, 6) is 1.27. The number of nitrogens with two attached hydrogens (primary N) is 1. The van der Waals surface area contributed by atoms with Gasteiger partial charge < -0.3 is 10.2 Å². The van der Waals surface area contributed by atoms with Gasteiger partial charge in [-0.05, 0) is 25.3 Å². The molecular formula is C11H15ClN2O. The van der Waals surface area contributed by atoms with Gasteiger partial charge in [0, 0.05) is 5.56 Å². The average molecular weight is 227 g/mol. The maximum absolute atomic E-state index is 5.83. The Kier molecular flexibility index (Phi) is 3.97. The molecule has 1 atom stereocenters. The zero-order valence-corrected chi connectivity index (χ0v) is 9.30. The summed E-state index contributed by atoms with van der Waals surface area (Å²) in [5, 5.41) is 0. The first kappa shape index (κ1) is 11.9. The van der Waals surface area contributed by atoms with Gasteiger partial charge in [0.2, 0.25) is 0 Å². The van der Waals surface area contributed by atoms with Crippen molar-refractivity contribution in [3.63, 3.8) is 0 Å². The number of hydrogen-bond acceptors (Lipinski definition) is 3. The van der Waals surface area contributed by atoms with Gasteiger partial charge in [0.25, 0.3) is 0 Å². The number of fused-ring (bicyclic) bond motifs is 1. The highest BCUT2D eigenvalue weighted by Gasteiger charge is 2.18. The first-order valence-corrected chi connectivity index (χ1v) is 4.82. The van der Waals surface area contributed by atoms with Crippen molar-refractivity contribution in [1.29, 1.82) is 0 Å². The predicted octanol–water partition coefficient (Wildman–Crippen LogP) is 2.30. The standard InChI is InChI=1S/C11H14N2O.ClH/c1-2-3-9-5-4-8-6-7-14-10(8)11(12)13-9;/h2,6-7,9H,1,3-5H2,(H2,12,13);1H. The molecule has 1 aliphatic heterocycles. The van der Waals surface area contributed by atoms with E-state index >= 15 is 0 Å². The van der Waals surface area contributed by atoms with Crippen LogP contribution in [0.15, 0.2) is 34.4 Å². The van der Waals surface area contributed by atoms with E-state index in [0.717, 1.165) is 30.6 Å². The van der Waals surface area contributed by atoms with Gasteiger partial charge in [-0.3, -0.25) is 4.99 Å². The van der Waals surface area contributed by atoms with E-state index in [9.17, 15) is 0 Å². The molecule has 0 fully saturated rings. The van der Waals surface area contributed by atoms with Crippen LogP contribution in [0.3, 0.4) is 0 Å². The summed E-state index contributed by atoms with van der Waals surface area (Å²) in [6.45, 7) is 3.71. The Morgan fingerprint density at radius 2 is 2.47 bits per heavy atom. The lowest BCUT2D eigenvalue weighted by Gasteiger charge is -2.06. The van der Waals surface area contributed by atoms with Crippen LogP contribution in [0, 0.1) is 0 Å². The minimum atomic E-state index is 0. The van der Waals surface area contributed by atoms with E-state index in [1.807, 2.05) is 12.1 Å². The van der Waals surface area contributed by atoms with Crippen molar-refractivity contribution in [2.45, 2.75) is 25.3 Å². The summed E-state index contributed by atoms with van der Waals surface area (Å²) >= 11 is 0. The van der Waals surface area contributed by atoms with Crippen LogP contribution in [0.1, 0.15) is 24.2 Å². The molecule has 4 heteroatoms. The van der Waals surface area contributed by atoms with Gasteiger partial charge in [0.1, 0.15) is 0 Å². The van der Waals surface area contributed by atoms with Gasteiger partial charge in [-0.25, -0.2) is 0 Å². The van der Waals surface area contributed by atoms with Crippen molar-refractivity contribution in [1.82, 2.24) is 0 Å². The Hall–Kier alpha value is -1.22. The normalized spacial score (nSPS) is 19.5. The van der Waals surface area contributed by atoms with Gasteiger partial charge in [-0.1, -0.05) is 6.08 Å². The fourth-order valence-corrected chi connectivity index (χ4v) is 1.76. The molecule has 0 radical (unpaired) electrons. The van der Waals surface area contributed by atoms with Crippen LogP contribution >= 0.6 is 12.4 Å². The topological polar surface area (TPSA) is 51.5 Å². The maximum Gasteiger partial charge on any atom is 0.171 e. The summed E-state index contributed by atoms with van der Waals surface area (Å²) in [5.41, 5.74) is 7.00. The molecule has 0 aromatic carbocycles. The highest BCUT2D eigenvalue weighted by Crippen LogP contribution is 2.20. The summed E-state index contributed by atoms with van der Waals surface area (Å²) < 4.78 is 5.29. The van der Waals surface area contributed by atoms with Crippen molar-refractivity contribution in [2.24, 2.45) is 10.7 Å². The van der Waals surface area contributed by atoms with E-state index in [1.165, 1.54) is 0 Å². The maximum atomic E-state index is 5.83. The second-order valence-corrected chi connectivity index (χ2v) is 3.51. The monoisotopic (exact) mass is 226 g/mol. The van der Waals surface area contributed by atoms with Gasteiger partial charge in [0.05, 0.1) is 12.3 Å². The van der Waals surface area contributed by atoms with Crippen LogP contribution in [0.2, 0.25) is 0 Å². The number of amidine groups is 1. The van der Waals surface area contributed by atoms with Gasteiger partial charge >= 0.3 is 0 Å². The second kappa shape index (κ2) is 5.03. The molecule has 0 aliphatic carbocycles. The van der Waals surface area contributed by atoms with Gasteiger partial charge in [-0.15, -0.1) is 19.0 Å². The smallest absolute Gasteiger partial charge is 0.171 e. The van der Waals surface area contributed by atoms with Crippen LogP contribution in [0.4, 0.5) is 0 Å². The van der Waals surface area contributed by atoms with Crippen molar-refractivity contribution in [3.8, 4) is 0 Å².